The van der Waals surface area contributed by atoms with Crippen molar-refractivity contribution in [2.75, 3.05) is 20.2 Å². The third-order valence-corrected chi connectivity index (χ3v) is 2.38. The number of rotatable bonds is 6. The lowest BCUT2D eigenvalue weighted by Crippen LogP contribution is -2.28. The SMILES string of the molecule is COC(=O)C(C)CNCCc1ccn(C)n1. The molecule has 0 aromatic carbocycles. The molecule has 0 aliphatic rings. The molecule has 1 N–H and O–H groups in total. The highest BCUT2D eigenvalue weighted by atomic mass is 16.5. The monoisotopic (exact) mass is 225 g/mol. The van der Waals surface area contributed by atoms with Gasteiger partial charge in [-0.15, -0.1) is 0 Å². The molecule has 0 spiro atoms. The van der Waals surface area contributed by atoms with Gasteiger partial charge in [-0.05, 0) is 6.07 Å². The number of aromatic nitrogens is 2. The van der Waals surface area contributed by atoms with E-state index in [1.165, 1.54) is 7.11 Å². The van der Waals surface area contributed by atoms with Gasteiger partial charge < -0.3 is 10.1 Å². The van der Waals surface area contributed by atoms with Crippen molar-refractivity contribution in [3.8, 4) is 0 Å². The van der Waals surface area contributed by atoms with Gasteiger partial charge in [0.2, 0.25) is 0 Å². The molecule has 0 aliphatic carbocycles. The molecule has 90 valence electrons. The number of ether oxygens (including phenoxy) is 1. The molecule has 16 heavy (non-hydrogen) atoms. The van der Waals surface area contributed by atoms with Crippen molar-refractivity contribution in [1.82, 2.24) is 15.1 Å². The van der Waals surface area contributed by atoms with Gasteiger partial charge in [0.05, 0.1) is 18.7 Å². The van der Waals surface area contributed by atoms with Gasteiger partial charge in [0.15, 0.2) is 0 Å². The summed E-state index contributed by atoms with van der Waals surface area (Å²) in [6.07, 6.45) is 2.79. The Hall–Kier alpha value is -1.36. The van der Waals surface area contributed by atoms with Crippen LogP contribution in [0.1, 0.15) is 12.6 Å². The summed E-state index contributed by atoms with van der Waals surface area (Å²) >= 11 is 0. The van der Waals surface area contributed by atoms with Crippen LogP contribution in [0.4, 0.5) is 0 Å². The fourth-order valence-electron chi connectivity index (χ4n) is 1.42. The minimum atomic E-state index is -0.176. The summed E-state index contributed by atoms with van der Waals surface area (Å²) in [6.45, 7) is 3.30. The predicted molar refractivity (Wildman–Crippen MR) is 61.0 cm³/mol. The normalized spacial score (nSPS) is 12.4. The van der Waals surface area contributed by atoms with E-state index in [0.717, 1.165) is 18.7 Å². The minimum absolute atomic E-state index is 0.103. The summed E-state index contributed by atoms with van der Waals surface area (Å²) < 4.78 is 6.42. The maximum Gasteiger partial charge on any atom is 0.309 e. The zero-order valence-corrected chi connectivity index (χ0v) is 10.1. The number of carbonyl (C=O) groups is 1. The number of aryl methyl sites for hydroxylation is 1. The molecule has 0 amide bonds. The molecule has 5 nitrogen and oxygen atoms in total. The highest BCUT2D eigenvalue weighted by Crippen LogP contribution is 1.97. The Kier molecular flexibility index (Phi) is 4.98. The number of nitrogens with zero attached hydrogens (tertiary/aromatic N) is 2. The molecular formula is C11H19N3O2. The lowest BCUT2D eigenvalue weighted by molar-refractivity contribution is -0.144. The van der Waals surface area contributed by atoms with Gasteiger partial charge in [-0.1, -0.05) is 6.92 Å². The molecule has 0 radical (unpaired) electrons. The van der Waals surface area contributed by atoms with E-state index in [1.807, 2.05) is 26.2 Å². The third kappa shape index (κ3) is 4.02. The van der Waals surface area contributed by atoms with Crippen molar-refractivity contribution in [1.29, 1.82) is 0 Å². The Balaban J connectivity index is 2.14. The largest absolute Gasteiger partial charge is 0.469 e. The van der Waals surface area contributed by atoms with Gasteiger partial charge in [0.25, 0.3) is 0 Å². The Morgan fingerprint density at radius 3 is 3.00 bits per heavy atom. The van der Waals surface area contributed by atoms with Crippen LogP contribution in [-0.2, 0) is 23.0 Å². The highest BCUT2D eigenvalue weighted by molar-refractivity contribution is 5.71. The van der Waals surface area contributed by atoms with Gasteiger partial charge in [-0.2, -0.15) is 5.10 Å². The Bertz CT molecular complexity index is 336. The molecule has 1 heterocycles. The van der Waals surface area contributed by atoms with E-state index in [2.05, 4.69) is 15.2 Å². The number of nitrogens with one attached hydrogen (secondary N) is 1. The maximum absolute atomic E-state index is 11.1. The summed E-state index contributed by atoms with van der Waals surface area (Å²) in [7, 11) is 3.31. The molecule has 1 aromatic rings. The number of methoxy groups -OCH3 is 1. The van der Waals surface area contributed by atoms with Crippen molar-refractivity contribution in [3.05, 3.63) is 18.0 Å². The summed E-state index contributed by atoms with van der Waals surface area (Å²) in [6, 6.07) is 1.99. The lowest BCUT2D eigenvalue weighted by Gasteiger charge is -2.09. The smallest absolute Gasteiger partial charge is 0.309 e. The Labute approximate surface area is 95.8 Å². The second kappa shape index (κ2) is 6.27. The van der Waals surface area contributed by atoms with Gasteiger partial charge in [0, 0.05) is 32.8 Å². The molecule has 0 aliphatic heterocycles. The van der Waals surface area contributed by atoms with E-state index in [9.17, 15) is 4.79 Å². The summed E-state index contributed by atoms with van der Waals surface area (Å²) in [5.74, 6) is -0.279. The Morgan fingerprint density at radius 1 is 1.69 bits per heavy atom. The second-order valence-electron chi connectivity index (χ2n) is 3.86. The van der Waals surface area contributed by atoms with Crippen molar-refractivity contribution < 1.29 is 9.53 Å². The van der Waals surface area contributed by atoms with Crippen LogP contribution in [0.15, 0.2) is 12.3 Å². The molecule has 0 fully saturated rings. The van der Waals surface area contributed by atoms with Gasteiger partial charge >= 0.3 is 5.97 Å². The summed E-state index contributed by atoms with van der Waals surface area (Å²) in [5, 5.41) is 7.47. The van der Waals surface area contributed by atoms with Crippen LogP contribution in [0.3, 0.4) is 0 Å². The maximum atomic E-state index is 11.1. The zero-order chi connectivity index (χ0) is 12.0. The number of esters is 1. The number of hydrogen-bond acceptors (Lipinski definition) is 4. The Morgan fingerprint density at radius 2 is 2.44 bits per heavy atom. The van der Waals surface area contributed by atoms with Crippen molar-refractivity contribution in [2.45, 2.75) is 13.3 Å². The molecule has 1 atom stereocenters. The minimum Gasteiger partial charge on any atom is -0.469 e. The molecule has 5 heteroatoms. The van der Waals surface area contributed by atoms with Crippen LogP contribution in [0.25, 0.3) is 0 Å². The first kappa shape index (κ1) is 12.7. The van der Waals surface area contributed by atoms with Gasteiger partial charge in [0.1, 0.15) is 0 Å². The van der Waals surface area contributed by atoms with E-state index in [1.54, 1.807) is 4.68 Å². The van der Waals surface area contributed by atoms with E-state index in [4.69, 9.17) is 0 Å². The fourth-order valence-corrected chi connectivity index (χ4v) is 1.42. The van der Waals surface area contributed by atoms with Gasteiger partial charge in [-0.25, -0.2) is 0 Å². The summed E-state index contributed by atoms with van der Waals surface area (Å²) in [5.41, 5.74) is 1.06. The predicted octanol–water partition coefficient (Wildman–Crippen LogP) is 0.361. The van der Waals surface area contributed by atoms with E-state index < -0.39 is 0 Å². The molecule has 0 saturated heterocycles. The average molecular weight is 225 g/mol. The topological polar surface area (TPSA) is 56.1 Å². The lowest BCUT2D eigenvalue weighted by atomic mass is 10.2. The fraction of sp³-hybridized carbons (Fsp3) is 0.636. The first-order valence-corrected chi connectivity index (χ1v) is 5.40. The van der Waals surface area contributed by atoms with Crippen LogP contribution in [-0.4, -0.2) is 35.9 Å². The van der Waals surface area contributed by atoms with Crippen LogP contribution in [0, 0.1) is 5.92 Å². The van der Waals surface area contributed by atoms with Gasteiger partial charge in [-0.3, -0.25) is 9.48 Å². The highest BCUT2D eigenvalue weighted by Gasteiger charge is 2.11. The van der Waals surface area contributed by atoms with Crippen LogP contribution < -0.4 is 5.32 Å². The van der Waals surface area contributed by atoms with Crippen molar-refractivity contribution in [2.24, 2.45) is 13.0 Å². The molecule has 1 unspecified atom stereocenters. The molecule has 0 saturated carbocycles. The molecular weight excluding hydrogens is 206 g/mol. The van der Waals surface area contributed by atoms with E-state index >= 15 is 0 Å². The second-order valence-corrected chi connectivity index (χ2v) is 3.86. The van der Waals surface area contributed by atoms with Crippen LogP contribution >= 0.6 is 0 Å². The molecule has 1 aromatic heterocycles. The standard InChI is InChI=1S/C11H19N3O2/c1-9(11(15)16-3)8-12-6-4-10-5-7-14(2)13-10/h5,7,9,12H,4,6,8H2,1-3H3. The van der Waals surface area contributed by atoms with E-state index in [-0.39, 0.29) is 11.9 Å². The zero-order valence-electron chi connectivity index (χ0n) is 10.1. The quantitative estimate of drug-likeness (QED) is 0.561. The summed E-state index contributed by atoms with van der Waals surface area (Å²) in [4.78, 5) is 11.1. The third-order valence-electron chi connectivity index (χ3n) is 2.38. The van der Waals surface area contributed by atoms with Crippen molar-refractivity contribution >= 4 is 5.97 Å². The van der Waals surface area contributed by atoms with Crippen molar-refractivity contribution in [3.63, 3.8) is 0 Å². The molecule has 1 rings (SSSR count). The van der Waals surface area contributed by atoms with Crippen LogP contribution in [0.5, 0.6) is 0 Å². The first-order valence-electron chi connectivity index (χ1n) is 5.40. The van der Waals surface area contributed by atoms with Crippen LogP contribution in [0.2, 0.25) is 0 Å². The molecule has 0 bridgehead atoms. The first-order chi connectivity index (χ1) is 7.63. The number of carbonyl (C=O) groups excluding carboxylic acids is 1. The van der Waals surface area contributed by atoms with E-state index in [0.29, 0.717) is 6.54 Å². The average Bonchev–Trinajstić information content (AvgIpc) is 2.69. The number of hydrogen-bond donors (Lipinski definition) is 1.